The molecule has 25 heavy (non-hydrogen) atoms. The van der Waals surface area contributed by atoms with E-state index in [4.69, 9.17) is 23.2 Å². The summed E-state index contributed by atoms with van der Waals surface area (Å²) < 4.78 is 23.7. The smallest absolute Gasteiger partial charge is 0.149 e. The second-order valence-corrected chi connectivity index (χ2v) is 8.45. The van der Waals surface area contributed by atoms with Gasteiger partial charge in [-0.05, 0) is 44.0 Å². The summed E-state index contributed by atoms with van der Waals surface area (Å²) in [6.07, 6.45) is 1.69. The average molecular weight is 401 g/mol. The quantitative estimate of drug-likeness (QED) is 0.492. The van der Waals surface area contributed by atoms with E-state index in [-0.39, 0.29) is 5.82 Å². The number of aromatic nitrogens is 2. The SMILES string of the molecule is CF.Cc1nc2ccc(-c3cnc(P(C)C)c(F)c3)cc2c(Cl)c1Cl. The van der Waals surface area contributed by atoms with E-state index in [1.807, 2.05) is 38.5 Å². The number of benzene rings is 1. The number of alkyl halides is 1. The van der Waals surface area contributed by atoms with Gasteiger partial charge in [0.15, 0.2) is 0 Å². The van der Waals surface area contributed by atoms with Crippen molar-refractivity contribution in [3.63, 3.8) is 0 Å². The van der Waals surface area contributed by atoms with Crippen molar-refractivity contribution in [1.29, 1.82) is 0 Å². The third-order valence-corrected chi connectivity index (χ3v) is 5.74. The van der Waals surface area contributed by atoms with Gasteiger partial charge in [0.1, 0.15) is 5.82 Å². The minimum atomic E-state index is -0.574. The highest BCUT2D eigenvalue weighted by atomic mass is 35.5. The first-order chi connectivity index (χ1) is 11.9. The number of pyridine rings is 2. The van der Waals surface area contributed by atoms with Gasteiger partial charge in [0, 0.05) is 17.1 Å². The summed E-state index contributed by atoms with van der Waals surface area (Å²) in [5.41, 5.74) is 3.51. The molecule has 0 unspecified atom stereocenters. The predicted molar refractivity (Wildman–Crippen MR) is 105 cm³/mol. The maximum Gasteiger partial charge on any atom is 0.149 e. The molecule has 0 aliphatic rings. The second kappa shape index (κ2) is 8.35. The molecule has 2 heterocycles. The van der Waals surface area contributed by atoms with Crippen LogP contribution in [0.2, 0.25) is 10.0 Å². The molecular formula is C18H17Cl2F2N2P. The van der Waals surface area contributed by atoms with Crippen molar-refractivity contribution in [3.8, 4) is 11.1 Å². The summed E-state index contributed by atoms with van der Waals surface area (Å²) in [5.74, 6) is -0.273. The Morgan fingerprint density at radius 1 is 1.00 bits per heavy atom. The minimum absolute atomic E-state index is 0.273. The molecule has 0 spiro atoms. The van der Waals surface area contributed by atoms with Crippen molar-refractivity contribution in [1.82, 2.24) is 9.97 Å². The van der Waals surface area contributed by atoms with Gasteiger partial charge in [0.25, 0.3) is 0 Å². The first kappa shape index (κ1) is 20.0. The normalized spacial score (nSPS) is 10.8. The standard InChI is InChI=1S/C17H14Cl2FN2P.CH3F/c1-9-15(18)16(19)12-6-10(4-5-14(12)22-9)11-7-13(20)17(21-8-11)23(2)3;1-2/h4-8H,1-3H3;1H3. The van der Waals surface area contributed by atoms with E-state index >= 15 is 0 Å². The predicted octanol–water partition coefficient (Wildman–Crippen LogP) is 6.00. The first-order valence-electron chi connectivity index (χ1n) is 7.35. The summed E-state index contributed by atoms with van der Waals surface area (Å²) in [6, 6.07) is 7.13. The molecule has 0 aliphatic heterocycles. The maximum atomic E-state index is 14.2. The van der Waals surface area contributed by atoms with Crippen molar-refractivity contribution < 1.29 is 8.78 Å². The molecule has 0 N–H and O–H groups in total. The van der Waals surface area contributed by atoms with Crippen molar-refractivity contribution in [2.45, 2.75) is 6.92 Å². The highest BCUT2D eigenvalue weighted by Crippen LogP contribution is 2.34. The van der Waals surface area contributed by atoms with Crippen LogP contribution in [0.5, 0.6) is 0 Å². The largest absolute Gasteiger partial charge is 0.255 e. The monoisotopic (exact) mass is 400 g/mol. The van der Waals surface area contributed by atoms with Gasteiger partial charge in [-0.1, -0.05) is 37.2 Å². The molecule has 1 aromatic carbocycles. The van der Waals surface area contributed by atoms with Crippen LogP contribution in [-0.2, 0) is 0 Å². The van der Waals surface area contributed by atoms with Gasteiger partial charge >= 0.3 is 0 Å². The maximum absolute atomic E-state index is 14.2. The van der Waals surface area contributed by atoms with Crippen LogP contribution in [0, 0.1) is 12.7 Å². The number of nitrogens with zero attached hydrogens (tertiary/aromatic N) is 2. The van der Waals surface area contributed by atoms with Gasteiger partial charge in [0.05, 0.1) is 33.9 Å². The Kier molecular flexibility index (Phi) is 6.67. The number of hydrogen-bond donors (Lipinski definition) is 0. The lowest BCUT2D eigenvalue weighted by atomic mass is 10.0. The number of halogens is 4. The van der Waals surface area contributed by atoms with E-state index in [9.17, 15) is 8.78 Å². The van der Waals surface area contributed by atoms with Crippen LogP contribution < -0.4 is 5.44 Å². The summed E-state index contributed by atoms with van der Waals surface area (Å²) in [7, 11) is -0.0738. The zero-order valence-electron chi connectivity index (χ0n) is 14.2. The summed E-state index contributed by atoms with van der Waals surface area (Å²) >= 11 is 12.5. The van der Waals surface area contributed by atoms with Gasteiger partial charge in [-0.25, -0.2) is 4.39 Å². The van der Waals surface area contributed by atoms with Gasteiger partial charge in [-0.15, -0.1) is 0 Å². The lowest BCUT2D eigenvalue weighted by Crippen LogP contribution is -2.10. The lowest BCUT2D eigenvalue weighted by Gasteiger charge is -2.10. The van der Waals surface area contributed by atoms with E-state index in [0.29, 0.717) is 33.9 Å². The van der Waals surface area contributed by atoms with E-state index in [0.717, 1.165) is 16.5 Å². The molecule has 0 atom stereocenters. The molecule has 2 nitrogen and oxygen atoms in total. The van der Waals surface area contributed by atoms with E-state index in [1.165, 1.54) is 6.07 Å². The number of aryl methyl sites for hydroxylation is 1. The van der Waals surface area contributed by atoms with E-state index < -0.39 is 7.92 Å². The fraction of sp³-hybridized carbons (Fsp3) is 0.222. The lowest BCUT2D eigenvalue weighted by molar-refractivity contribution is 0.632. The molecule has 3 rings (SSSR count). The Balaban J connectivity index is 0.00000109. The Hall–Kier alpha value is -1.35. The minimum Gasteiger partial charge on any atom is -0.255 e. The van der Waals surface area contributed by atoms with Crippen LogP contribution in [0.4, 0.5) is 8.78 Å². The molecule has 7 heteroatoms. The molecule has 132 valence electrons. The Bertz CT molecular complexity index is 917. The topological polar surface area (TPSA) is 25.8 Å². The van der Waals surface area contributed by atoms with Crippen LogP contribution in [0.25, 0.3) is 22.0 Å². The highest BCUT2D eigenvalue weighted by molar-refractivity contribution is 7.63. The van der Waals surface area contributed by atoms with Crippen LogP contribution >= 0.6 is 31.1 Å². The second-order valence-electron chi connectivity index (χ2n) is 5.48. The number of hydrogen-bond acceptors (Lipinski definition) is 2. The molecule has 0 fully saturated rings. The Morgan fingerprint density at radius 3 is 2.28 bits per heavy atom. The van der Waals surface area contributed by atoms with Crippen molar-refractivity contribution in [2.75, 3.05) is 20.5 Å². The highest BCUT2D eigenvalue weighted by Gasteiger charge is 2.13. The molecule has 0 radical (unpaired) electrons. The number of rotatable bonds is 2. The zero-order chi connectivity index (χ0) is 18.7. The van der Waals surface area contributed by atoms with Crippen molar-refractivity contribution >= 4 is 47.5 Å². The number of fused-ring (bicyclic) bond motifs is 1. The third-order valence-electron chi connectivity index (χ3n) is 3.61. The summed E-state index contributed by atoms with van der Waals surface area (Å²) in [5, 5.41) is 1.66. The van der Waals surface area contributed by atoms with E-state index in [2.05, 4.69) is 9.97 Å². The van der Waals surface area contributed by atoms with Crippen LogP contribution in [0.15, 0.2) is 30.5 Å². The van der Waals surface area contributed by atoms with Crippen LogP contribution in [0.1, 0.15) is 5.69 Å². The Morgan fingerprint density at radius 2 is 1.68 bits per heavy atom. The van der Waals surface area contributed by atoms with Crippen LogP contribution in [-0.4, -0.2) is 30.5 Å². The molecule has 0 aliphatic carbocycles. The molecule has 0 amide bonds. The summed E-state index contributed by atoms with van der Waals surface area (Å²) in [4.78, 5) is 8.69. The molecule has 2 aromatic heterocycles. The van der Waals surface area contributed by atoms with Gasteiger partial charge in [-0.2, -0.15) is 0 Å². The molecule has 0 saturated heterocycles. The fourth-order valence-electron chi connectivity index (χ4n) is 2.41. The van der Waals surface area contributed by atoms with Crippen molar-refractivity contribution in [2.24, 2.45) is 0 Å². The summed E-state index contributed by atoms with van der Waals surface area (Å²) in [6.45, 7) is 5.77. The van der Waals surface area contributed by atoms with Gasteiger partial charge in [0.2, 0.25) is 0 Å². The van der Waals surface area contributed by atoms with Crippen molar-refractivity contribution in [3.05, 3.63) is 52.0 Å². The first-order valence-corrected chi connectivity index (χ1v) is 10.3. The average Bonchev–Trinajstić information content (AvgIpc) is 2.61. The third kappa shape index (κ3) is 4.08. The van der Waals surface area contributed by atoms with Gasteiger partial charge in [-0.3, -0.25) is 14.4 Å². The molecular weight excluding hydrogens is 384 g/mol. The van der Waals surface area contributed by atoms with E-state index in [1.54, 1.807) is 6.20 Å². The fourth-order valence-corrected chi connectivity index (χ4v) is 3.63. The zero-order valence-corrected chi connectivity index (χ0v) is 16.6. The van der Waals surface area contributed by atoms with Gasteiger partial charge < -0.3 is 0 Å². The molecule has 0 bridgehead atoms. The molecule has 3 aromatic rings. The Labute approximate surface area is 157 Å². The van der Waals surface area contributed by atoms with Crippen LogP contribution in [0.3, 0.4) is 0 Å². The molecule has 0 saturated carbocycles.